The number of imidazole rings is 1. The van der Waals surface area contributed by atoms with E-state index in [1.165, 1.54) is 24.3 Å². The van der Waals surface area contributed by atoms with Crippen molar-refractivity contribution < 1.29 is 13.6 Å². The van der Waals surface area contributed by atoms with E-state index in [9.17, 15) is 13.6 Å². The van der Waals surface area contributed by atoms with E-state index in [-0.39, 0.29) is 24.9 Å². The Labute approximate surface area is 126 Å². The number of aryl methyl sites for hydroxylation is 1. The van der Waals surface area contributed by atoms with Gasteiger partial charge in [0.1, 0.15) is 5.82 Å². The number of halogens is 2. The average molecular weight is 309 g/mol. The number of aromatic nitrogens is 3. The number of hydrogen-bond acceptors (Lipinski definition) is 3. The van der Waals surface area contributed by atoms with Gasteiger partial charge < -0.3 is 10.2 Å². The SMILES string of the molecule is Cc1ccc(CNC(=O)N(C)Cc2nccn2C(F)F)nc1. The first-order valence-electron chi connectivity index (χ1n) is 6.67. The Balaban J connectivity index is 1.89. The first kappa shape index (κ1) is 15.9. The van der Waals surface area contributed by atoms with E-state index >= 15 is 0 Å². The number of alkyl halides is 2. The maximum Gasteiger partial charge on any atom is 0.319 e. The second-order valence-electron chi connectivity index (χ2n) is 4.87. The minimum Gasteiger partial charge on any atom is -0.332 e. The highest BCUT2D eigenvalue weighted by Gasteiger charge is 2.16. The van der Waals surface area contributed by atoms with Crippen LogP contribution < -0.4 is 5.32 Å². The Bertz CT molecular complexity index is 626. The minimum absolute atomic E-state index is 0.00942. The molecule has 0 aliphatic rings. The zero-order chi connectivity index (χ0) is 16.1. The molecule has 1 N–H and O–H groups in total. The van der Waals surface area contributed by atoms with Crippen LogP contribution in [0.2, 0.25) is 0 Å². The lowest BCUT2D eigenvalue weighted by Gasteiger charge is -2.18. The Morgan fingerprint density at radius 3 is 2.82 bits per heavy atom. The van der Waals surface area contributed by atoms with Crippen LogP contribution in [0.5, 0.6) is 0 Å². The van der Waals surface area contributed by atoms with Gasteiger partial charge in [-0.2, -0.15) is 8.78 Å². The number of rotatable bonds is 5. The van der Waals surface area contributed by atoms with Crippen molar-refractivity contribution >= 4 is 6.03 Å². The third kappa shape index (κ3) is 4.00. The molecule has 0 saturated heterocycles. The predicted octanol–water partition coefficient (Wildman–Crippen LogP) is 2.32. The van der Waals surface area contributed by atoms with Crippen LogP contribution in [-0.4, -0.2) is 32.5 Å². The molecule has 0 aromatic carbocycles. The zero-order valence-corrected chi connectivity index (χ0v) is 12.3. The summed E-state index contributed by atoms with van der Waals surface area (Å²) in [5.41, 5.74) is 1.76. The number of carbonyl (C=O) groups is 1. The molecule has 0 radical (unpaired) electrons. The van der Waals surface area contributed by atoms with E-state index in [2.05, 4.69) is 15.3 Å². The van der Waals surface area contributed by atoms with Crippen LogP contribution in [0.25, 0.3) is 0 Å². The average Bonchev–Trinajstić information content (AvgIpc) is 2.94. The first-order chi connectivity index (χ1) is 10.5. The molecule has 118 valence electrons. The number of nitrogens with zero attached hydrogens (tertiary/aromatic N) is 4. The van der Waals surface area contributed by atoms with Crippen molar-refractivity contribution in [2.45, 2.75) is 26.6 Å². The standard InChI is InChI=1S/C14H17F2N5O/c1-10-3-4-11(18-7-10)8-19-14(22)20(2)9-12-17-5-6-21(12)13(15)16/h3-7,13H,8-9H2,1-2H3,(H,19,22). The van der Waals surface area contributed by atoms with E-state index in [1.54, 1.807) is 6.20 Å². The summed E-state index contributed by atoms with van der Waals surface area (Å²) >= 11 is 0. The third-order valence-electron chi connectivity index (χ3n) is 3.08. The molecule has 2 amide bonds. The molecule has 6 nitrogen and oxygen atoms in total. The Kier molecular flexibility index (Phi) is 5.03. The molecular weight excluding hydrogens is 292 g/mol. The van der Waals surface area contributed by atoms with Crippen LogP contribution in [0, 0.1) is 6.92 Å². The molecular formula is C14H17F2N5O. The highest BCUT2D eigenvalue weighted by molar-refractivity contribution is 5.73. The fourth-order valence-corrected chi connectivity index (χ4v) is 1.83. The largest absolute Gasteiger partial charge is 0.332 e. The lowest BCUT2D eigenvalue weighted by molar-refractivity contribution is 0.0651. The second-order valence-corrected chi connectivity index (χ2v) is 4.87. The molecule has 2 heterocycles. The molecule has 0 atom stereocenters. The van der Waals surface area contributed by atoms with Crippen molar-refractivity contribution in [1.82, 2.24) is 24.8 Å². The molecule has 2 aromatic rings. The van der Waals surface area contributed by atoms with Crippen molar-refractivity contribution in [2.24, 2.45) is 0 Å². The van der Waals surface area contributed by atoms with Gasteiger partial charge in [-0.25, -0.2) is 9.78 Å². The van der Waals surface area contributed by atoms with Gasteiger partial charge in [0.05, 0.1) is 18.8 Å². The van der Waals surface area contributed by atoms with Crippen LogP contribution in [0.4, 0.5) is 13.6 Å². The Morgan fingerprint density at radius 1 is 1.41 bits per heavy atom. The molecule has 0 unspecified atom stereocenters. The lowest BCUT2D eigenvalue weighted by Crippen LogP contribution is -2.37. The van der Waals surface area contributed by atoms with E-state index in [0.717, 1.165) is 15.8 Å². The molecule has 22 heavy (non-hydrogen) atoms. The van der Waals surface area contributed by atoms with Crippen molar-refractivity contribution in [3.8, 4) is 0 Å². The van der Waals surface area contributed by atoms with Crippen LogP contribution >= 0.6 is 0 Å². The van der Waals surface area contributed by atoms with Gasteiger partial charge >= 0.3 is 12.6 Å². The summed E-state index contributed by atoms with van der Waals surface area (Å²) in [6.45, 7) is -0.489. The van der Waals surface area contributed by atoms with Gasteiger partial charge in [-0.15, -0.1) is 0 Å². The monoisotopic (exact) mass is 309 g/mol. The molecule has 2 aromatic heterocycles. The van der Waals surface area contributed by atoms with Crippen molar-refractivity contribution in [3.63, 3.8) is 0 Å². The lowest BCUT2D eigenvalue weighted by atomic mass is 10.3. The van der Waals surface area contributed by atoms with Gasteiger partial charge in [-0.3, -0.25) is 9.55 Å². The van der Waals surface area contributed by atoms with Crippen LogP contribution in [0.3, 0.4) is 0 Å². The van der Waals surface area contributed by atoms with Crippen LogP contribution in [-0.2, 0) is 13.1 Å². The number of urea groups is 1. The predicted molar refractivity (Wildman–Crippen MR) is 76.2 cm³/mol. The summed E-state index contributed by atoms with van der Waals surface area (Å²) in [4.78, 5) is 21.3. The van der Waals surface area contributed by atoms with Gasteiger partial charge in [-0.1, -0.05) is 6.07 Å². The van der Waals surface area contributed by atoms with Gasteiger partial charge in [0.15, 0.2) is 0 Å². The van der Waals surface area contributed by atoms with E-state index in [4.69, 9.17) is 0 Å². The molecule has 0 bridgehead atoms. The van der Waals surface area contributed by atoms with Crippen molar-refractivity contribution in [1.29, 1.82) is 0 Å². The molecule has 0 aliphatic heterocycles. The molecule has 8 heteroatoms. The summed E-state index contributed by atoms with van der Waals surface area (Å²) < 4.78 is 26.1. The number of amides is 2. The zero-order valence-electron chi connectivity index (χ0n) is 12.3. The van der Waals surface area contributed by atoms with Gasteiger partial charge in [0.25, 0.3) is 0 Å². The molecule has 0 spiro atoms. The van der Waals surface area contributed by atoms with Crippen LogP contribution in [0.15, 0.2) is 30.7 Å². The smallest absolute Gasteiger partial charge is 0.319 e. The summed E-state index contributed by atoms with van der Waals surface area (Å²) in [5.74, 6) is 0.126. The van der Waals surface area contributed by atoms with Gasteiger partial charge in [0.2, 0.25) is 0 Å². The second kappa shape index (κ2) is 6.97. The quantitative estimate of drug-likeness (QED) is 0.922. The molecule has 0 fully saturated rings. The number of hydrogen-bond donors (Lipinski definition) is 1. The molecule has 2 rings (SSSR count). The fraction of sp³-hybridized carbons (Fsp3) is 0.357. The summed E-state index contributed by atoms with van der Waals surface area (Å²) in [6.07, 6.45) is 4.18. The Morgan fingerprint density at radius 2 is 2.18 bits per heavy atom. The number of carbonyl (C=O) groups excluding carboxylic acids is 1. The van der Waals surface area contributed by atoms with E-state index in [0.29, 0.717) is 0 Å². The highest BCUT2D eigenvalue weighted by Crippen LogP contribution is 2.13. The van der Waals surface area contributed by atoms with E-state index < -0.39 is 6.55 Å². The maximum absolute atomic E-state index is 12.7. The highest BCUT2D eigenvalue weighted by atomic mass is 19.3. The molecule has 0 aliphatic carbocycles. The first-order valence-corrected chi connectivity index (χ1v) is 6.67. The van der Waals surface area contributed by atoms with Crippen LogP contribution in [0.1, 0.15) is 23.6 Å². The minimum atomic E-state index is -2.68. The summed E-state index contributed by atoms with van der Waals surface area (Å²) in [5, 5.41) is 2.68. The van der Waals surface area contributed by atoms with Gasteiger partial charge in [-0.05, 0) is 18.6 Å². The van der Waals surface area contributed by atoms with Crippen molar-refractivity contribution in [3.05, 3.63) is 47.8 Å². The van der Waals surface area contributed by atoms with Gasteiger partial charge in [0, 0.05) is 25.6 Å². The Hall–Kier alpha value is -2.51. The summed E-state index contributed by atoms with van der Waals surface area (Å²) in [6, 6.07) is 3.34. The number of nitrogens with one attached hydrogen (secondary N) is 1. The molecule has 0 saturated carbocycles. The summed E-state index contributed by atoms with van der Waals surface area (Å²) in [7, 11) is 1.52. The maximum atomic E-state index is 12.7. The third-order valence-corrected chi connectivity index (χ3v) is 3.08. The van der Waals surface area contributed by atoms with Crippen molar-refractivity contribution in [2.75, 3.05) is 7.05 Å². The van der Waals surface area contributed by atoms with E-state index in [1.807, 2.05) is 19.1 Å². The topological polar surface area (TPSA) is 63.1 Å². The normalized spacial score (nSPS) is 10.8. The fourth-order valence-electron chi connectivity index (χ4n) is 1.83. The number of pyridine rings is 1.